The number of hydrogen-bond donors (Lipinski definition) is 0. The highest BCUT2D eigenvalue weighted by atomic mass is 35.5. The molecule has 1 aliphatic rings. The fraction of sp³-hybridized carbons (Fsp3) is 0.276. The smallest absolute Gasteiger partial charge is 0.209 e. The molecule has 4 rings (SSSR count). The molecular weight excluding hydrogens is 428 g/mol. The highest BCUT2D eigenvalue weighted by Crippen LogP contribution is 2.39. The van der Waals surface area contributed by atoms with Gasteiger partial charge < -0.3 is 9.64 Å². The van der Waals surface area contributed by atoms with Crippen LogP contribution in [0, 0.1) is 0 Å². The molecule has 0 aliphatic carbocycles. The zero-order valence-electron chi connectivity index (χ0n) is 19.9. The van der Waals surface area contributed by atoms with Crippen molar-refractivity contribution >= 4 is 34.8 Å². The second kappa shape index (κ2) is 10.3. The highest BCUT2D eigenvalue weighted by Gasteiger charge is 2.36. The maximum absolute atomic E-state index is 6.40. The summed E-state index contributed by atoms with van der Waals surface area (Å²) < 4.78 is 8.03. The Morgan fingerprint density at radius 1 is 0.970 bits per heavy atom. The van der Waals surface area contributed by atoms with Crippen molar-refractivity contribution < 1.29 is 9.31 Å². The number of rotatable bonds is 8. The number of benzene rings is 3. The molecule has 4 heteroatoms. The Morgan fingerprint density at radius 2 is 1.73 bits per heavy atom. The molecule has 0 aromatic heterocycles. The number of methoxy groups -OCH3 is 1. The van der Waals surface area contributed by atoms with Gasteiger partial charge in [0.25, 0.3) is 0 Å². The standard InChI is InChI=1S/C29H32ClN2O/c1-5-32(6-2)24-15-12-22(29(20-24)33-4)13-16-27-25(18-21-10-8-7-9-11-21)26-19-23(30)14-17-28(26)31(27)3/h7-17,19-20,25H,5-6,18H2,1-4H3/q+1. The maximum atomic E-state index is 6.40. The van der Waals surface area contributed by atoms with E-state index in [1.54, 1.807) is 7.11 Å². The lowest BCUT2D eigenvalue weighted by atomic mass is 9.89. The monoisotopic (exact) mass is 459 g/mol. The fourth-order valence-electron chi connectivity index (χ4n) is 4.73. The Labute approximate surface area is 202 Å². The molecule has 0 fully saturated rings. The maximum Gasteiger partial charge on any atom is 0.209 e. The van der Waals surface area contributed by atoms with E-state index in [4.69, 9.17) is 16.3 Å². The molecular formula is C29H32ClN2O+. The van der Waals surface area contributed by atoms with E-state index in [2.05, 4.69) is 103 Å². The molecule has 3 nitrogen and oxygen atoms in total. The molecule has 33 heavy (non-hydrogen) atoms. The average molecular weight is 460 g/mol. The van der Waals surface area contributed by atoms with Crippen LogP contribution in [0.25, 0.3) is 6.08 Å². The molecule has 0 saturated carbocycles. The summed E-state index contributed by atoms with van der Waals surface area (Å²) in [7, 11) is 3.88. The largest absolute Gasteiger partial charge is 0.496 e. The van der Waals surface area contributed by atoms with Gasteiger partial charge in [0.1, 0.15) is 12.8 Å². The van der Waals surface area contributed by atoms with Gasteiger partial charge in [-0.05, 0) is 56.2 Å². The number of allylic oxidation sites excluding steroid dienone is 1. The van der Waals surface area contributed by atoms with E-state index in [1.165, 1.54) is 28.2 Å². The topological polar surface area (TPSA) is 15.5 Å². The van der Waals surface area contributed by atoms with Crippen molar-refractivity contribution in [2.75, 3.05) is 32.1 Å². The Balaban J connectivity index is 1.70. The summed E-state index contributed by atoms with van der Waals surface area (Å²) in [6.07, 6.45) is 5.33. The Bertz CT molecular complexity index is 1180. The first-order valence-electron chi connectivity index (χ1n) is 11.6. The van der Waals surface area contributed by atoms with Crippen LogP contribution < -0.4 is 9.64 Å². The third-order valence-electron chi connectivity index (χ3n) is 6.53. The number of fused-ring (bicyclic) bond motifs is 1. The van der Waals surface area contributed by atoms with Gasteiger partial charge in [0.05, 0.1) is 13.0 Å². The number of nitrogens with zero attached hydrogens (tertiary/aromatic N) is 2. The predicted octanol–water partition coefficient (Wildman–Crippen LogP) is 6.96. The van der Waals surface area contributed by atoms with Crippen molar-refractivity contribution in [2.45, 2.75) is 26.2 Å². The van der Waals surface area contributed by atoms with Gasteiger partial charge in [-0.15, -0.1) is 0 Å². The van der Waals surface area contributed by atoms with Gasteiger partial charge in [-0.3, -0.25) is 0 Å². The Hall–Kier alpha value is -3.04. The molecule has 0 N–H and O–H groups in total. The Kier molecular flexibility index (Phi) is 7.20. The molecule has 3 aromatic carbocycles. The van der Waals surface area contributed by atoms with Crippen LogP contribution in [0.5, 0.6) is 5.75 Å². The summed E-state index contributed by atoms with van der Waals surface area (Å²) in [5.41, 5.74) is 7.31. The first kappa shape index (κ1) is 23.1. The molecule has 1 atom stereocenters. The molecule has 0 spiro atoms. The van der Waals surface area contributed by atoms with E-state index in [0.717, 1.165) is 35.8 Å². The number of anilines is 1. The summed E-state index contributed by atoms with van der Waals surface area (Å²) in [5.74, 6) is 1.13. The van der Waals surface area contributed by atoms with Gasteiger partial charge in [-0.1, -0.05) is 41.9 Å². The van der Waals surface area contributed by atoms with Crippen molar-refractivity contribution in [3.05, 3.63) is 94.5 Å². The first-order chi connectivity index (χ1) is 16.0. The molecule has 0 saturated heterocycles. The van der Waals surface area contributed by atoms with Crippen LogP contribution >= 0.6 is 11.6 Å². The Morgan fingerprint density at radius 3 is 2.42 bits per heavy atom. The van der Waals surface area contributed by atoms with Crippen LogP contribution in [0.3, 0.4) is 0 Å². The molecule has 3 aromatic rings. The van der Waals surface area contributed by atoms with Crippen LogP contribution in [0.4, 0.5) is 11.4 Å². The summed E-state index contributed by atoms with van der Waals surface area (Å²) in [6.45, 7) is 6.29. The van der Waals surface area contributed by atoms with Crippen molar-refractivity contribution in [1.82, 2.24) is 0 Å². The lowest BCUT2D eigenvalue weighted by Crippen LogP contribution is -2.21. The zero-order valence-corrected chi connectivity index (χ0v) is 20.6. The molecule has 1 aliphatic heterocycles. The van der Waals surface area contributed by atoms with Crippen LogP contribution in [0.1, 0.15) is 36.5 Å². The molecule has 0 radical (unpaired) electrons. The molecule has 0 amide bonds. The number of halogens is 1. The van der Waals surface area contributed by atoms with Gasteiger partial charge in [0.15, 0.2) is 5.71 Å². The quantitative estimate of drug-likeness (QED) is 0.338. The van der Waals surface area contributed by atoms with Crippen LogP contribution in [0.2, 0.25) is 5.02 Å². The van der Waals surface area contributed by atoms with Crippen molar-refractivity contribution in [3.63, 3.8) is 0 Å². The van der Waals surface area contributed by atoms with E-state index in [9.17, 15) is 0 Å². The minimum atomic E-state index is 0.239. The van der Waals surface area contributed by atoms with Gasteiger partial charge in [-0.2, -0.15) is 4.58 Å². The molecule has 170 valence electrons. The SMILES string of the molecule is CCN(CC)c1ccc(/C=C/C2=[N+](C)c3ccc(Cl)cc3C2Cc2ccccc2)c(OC)c1. The van der Waals surface area contributed by atoms with Gasteiger partial charge >= 0.3 is 0 Å². The van der Waals surface area contributed by atoms with Gasteiger partial charge in [0, 0.05) is 53.1 Å². The van der Waals surface area contributed by atoms with Crippen LogP contribution in [0.15, 0.2) is 72.8 Å². The lowest BCUT2D eigenvalue weighted by molar-refractivity contribution is -0.401. The van der Waals surface area contributed by atoms with E-state index in [0.29, 0.717) is 0 Å². The second-order valence-corrected chi connectivity index (χ2v) is 8.80. The third-order valence-corrected chi connectivity index (χ3v) is 6.77. The van der Waals surface area contributed by atoms with E-state index in [-0.39, 0.29) is 5.92 Å². The van der Waals surface area contributed by atoms with Crippen molar-refractivity contribution in [1.29, 1.82) is 0 Å². The van der Waals surface area contributed by atoms with E-state index < -0.39 is 0 Å². The second-order valence-electron chi connectivity index (χ2n) is 8.36. The third kappa shape index (κ3) is 4.84. The van der Waals surface area contributed by atoms with Crippen molar-refractivity contribution in [3.8, 4) is 5.75 Å². The summed E-state index contributed by atoms with van der Waals surface area (Å²) in [4.78, 5) is 2.33. The number of ether oxygens (including phenoxy) is 1. The molecule has 0 bridgehead atoms. The normalized spacial score (nSPS) is 15.2. The first-order valence-corrected chi connectivity index (χ1v) is 12.0. The fourth-order valence-corrected chi connectivity index (χ4v) is 4.91. The minimum absolute atomic E-state index is 0.239. The summed E-state index contributed by atoms with van der Waals surface area (Å²) >= 11 is 6.40. The van der Waals surface area contributed by atoms with E-state index >= 15 is 0 Å². The number of hydrogen-bond acceptors (Lipinski definition) is 2. The minimum Gasteiger partial charge on any atom is -0.496 e. The van der Waals surface area contributed by atoms with E-state index in [1.807, 2.05) is 6.07 Å². The van der Waals surface area contributed by atoms with Crippen LogP contribution in [-0.4, -0.2) is 37.5 Å². The summed E-state index contributed by atoms with van der Waals surface area (Å²) in [6, 6.07) is 23.3. The van der Waals surface area contributed by atoms with Crippen LogP contribution in [-0.2, 0) is 6.42 Å². The summed E-state index contributed by atoms with van der Waals surface area (Å²) in [5, 5.41) is 0.777. The zero-order chi connectivity index (χ0) is 23.4. The average Bonchev–Trinajstić information content (AvgIpc) is 3.09. The molecule has 1 heterocycles. The molecule has 1 unspecified atom stereocenters. The predicted molar refractivity (Wildman–Crippen MR) is 141 cm³/mol. The highest BCUT2D eigenvalue weighted by molar-refractivity contribution is 6.30. The van der Waals surface area contributed by atoms with Gasteiger partial charge in [-0.25, -0.2) is 0 Å². The lowest BCUT2D eigenvalue weighted by Gasteiger charge is -2.22. The van der Waals surface area contributed by atoms with Crippen molar-refractivity contribution in [2.24, 2.45) is 0 Å². The van der Waals surface area contributed by atoms with Gasteiger partial charge in [0.2, 0.25) is 5.69 Å².